The topological polar surface area (TPSA) is 29.5 Å². The molecule has 1 aliphatic rings. The van der Waals surface area contributed by atoms with Gasteiger partial charge in [-0.05, 0) is 48.9 Å². The van der Waals surface area contributed by atoms with Gasteiger partial charge in [-0.15, -0.1) is 0 Å². The van der Waals surface area contributed by atoms with Crippen molar-refractivity contribution in [3.05, 3.63) is 30.1 Å². The molecule has 0 amide bonds. The van der Waals surface area contributed by atoms with E-state index in [1.54, 1.807) is 12.1 Å². The molecule has 1 aromatic rings. The van der Waals surface area contributed by atoms with E-state index in [1.165, 1.54) is 12.1 Å². The van der Waals surface area contributed by atoms with E-state index in [-0.39, 0.29) is 17.3 Å². The van der Waals surface area contributed by atoms with Crippen LogP contribution < -0.4 is 4.74 Å². The van der Waals surface area contributed by atoms with Gasteiger partial charge in [0.1, 0.15) is 17.7 Å². The summed E-state index contributed by atoms with van der Waals surface area (Å²) in [6.07, 6.45) is 1.99. The summed E-state index contributed by atoms with van der Waals surface area (Å²) in [7, 11) is 0. The van der Waals surface area contributed by atoms with Crippen molar-refractivity contribution in [1.29, 1.82) is 0 Å². The van der Waals surface area contributed by atoms with Crippen LogP contribution in [0.15, 0.2) is 24.3 Å². The third-order valence-corrected chi connectivity index (χ3v) is 3.40. The van der Waals surface area contributed by atoms with E-state index in [4.69, 9.17) is 4.74 Å². The monoisotopic (exact) mass is 238 g/mol. The van der Waals surface area contributed by atoms with Crippen LogP contribution in [0.5, 0.6) is 5.75 Å². The third-order valence-electron chi connectivity index (χ3n) is 3.40. The highest BCUT2D eigenvalue weighted by Crippen LogP contribution is 2.37. The maximum Gasteiger partial charge on any atom is 0.125 e. The van der Waals surface area contributed by atoms with Gasteiger partial charge in [0.2, 0.25) is 0 Å². The second-order valence-electron chi connectivity index (χ2n) is 5.58. The number of hydrogen-bond donors (Lipinski definition) is 1. The minimum atomic E-state index is -0.423. The molecule has 0 aliphatic heterocycles. The van der Waals surface area contributed by atoms with E-state index in [9.17, 15) is 9.50 Å². The van der Waals surface area contributed by atoms with Gasteiger partial charge in [-0.25, -0.2) is 4.39 Å². The van der Waals surface area contributed by atoms with Crippen LogP contribution >= 0.6 is 0 Å². The highest BCUT2D eigenvalue weighted by atomic mass is 19.1. The maximum atomic E-state index is 12.8. The van der Waals surface area contributed by atoms with Gasteiger partial charge in [0.15, 0.2) is 0 Å². The SMILES string of the molecule is CC1(C)CCC(O)C(Oc2ccc(F)cc2)C1. The Balaban J connectivity index is 2.04. The Morgan fingerprint density at radius 1 is 1.29 bits per heavy atom. The highest BCUT2D eigenvalue weighted by molar-refractivity contribution is 5.22. The maximum absolute atomic E-state index is 12.8. The van der Waals surface area contributed by atoms with Crippen LogP contribution in [0.4, 0.5) is 4.39 Å². The molecule has 2 rings (SSSR count). The number of hydrogen-bond acceptors (Lipinski definition) is 2. The van der Waals surface area contributed by atoms with Gasteiger partial charge in [0.05, 0.1) is 6.10 Å². The second kappa shape index (κ2) is 4.65. The molecule has 1 N–H and O–H groups in total. The standard InChI is InChI=1S/C14H19FO2/c1-14(2)8-7-12(16)13(9-14)17-11-5-3-10(15)4-6-11/h3-6,12-13,16H,7-9H2,1-2H3. The highest BCUT2D eigenvalue weighted by Gasteiger charge is 2.35. The smallest absolute Gasteiger partial charge is 0.125 e. The van der Waals surface area contributed by atoms with Crippen molar-refractivity contribution in [2.24, 2.45) is 5.41 Å². The summed E-state index contributed by atoms with van der Waals surface area (Å²) in [5, 5.41) is 9.92. The first-order chi connectivity index (χ1) is 7.96. The zero-order valence-electron chi connectivity index (χ0n) is 10.3. The Hall–Kier alpha value is -1.09. The summed E-state index contributed by atoms with van der Waals surface area (Å²) in [4.78, 5) is 0. The van der Waals surface area contributed by atoms with Crippen molar-refractivity contribution in [2.45, 2.75) is 45.3 Å². The Morgan fingerprint density at radius 3 is 2.59 bits per heavy atom. The molecule has 0 bridgehead atoms. The van der Waals surface area contributed by atoms with E-state index in [0.29, 0.717) is 5.75 Å². The lowest BCUT2D eigenvalue weighted by Crippen LogP contribution is -2.41. The van der Waals surface area contributed by atoms with Crippen LogP contribution in [0.25, 0.3) is 0 Å². The van der Waals surface area contributed by atoms with Crippen molar-refractivity contribution in [3.63, 3.8) is 0 Å². The molecule has 0 radical (unpaired) electrons. The lowest BCUT2D eigenvalue weighted by Gasteiger charge is -2.38. The Morgan fingerprint density at radius 2 is 1.94 bits per heavy atom. The van der Waals surface area contributed by atoms with Crippen LogP contribution in [0.1, 0.15) is 33.1 Å². The molecule has 2 unspecified atom stereocenters. The predicted octanol–water partition coefficient (Wildman–Crippen LogP) is 3.14. The molecule has 0 heterocycles. The summed E-state index contributed by atoms with van der Waals surface area (Å²) >= 11 is 0. The third kappa shape index (κ3) is 3.19. The molecule has 1 aliphatic carbocycles. The molecule has 94 valence electrons. The first-order valence-corrected chi connectivity index (χ1v) is 6.07. The molecule has 0 saturated heterocycles. The molecule has 1 fully saturated rings. The second-order valence-corrected chi connectivity index (χ2v) is 5.58. The van der Waals surface area contributed by atoms with Crippen LogP contribution in [0, 0.1) is 11.2 Å². The Bertz CT molecular complexity index is 372. The normalized spacial score (nSPS) is 27.8. The molecule has 0 aromatic heterocycles. The summed E-state index contributed by atoms with van der Waals surface area (Å²) in [6, 6.07) is 5.94. The number of rotatable bonds is 2. The zero-order chi connectivity index (χ0) is 12.5. The van der Waals surface area contributed by atoms with Crippen molar-refractivity contribution in [2.75, 3.05) is 0 Å². The van der Waals surface area contributed by atoms with Gasteiger partial charge in [0, 0.05) is 0 Å². The molecule has 3 heteroatoms. The minimum Gasteiger partial charge on any atom is -0.488 e. The quantitative estimate of drug-likeness (QED) is 0.857. The van der Waals surface area contributed by atoms with Crippen LogP contribution in [0.3, 0.4) is 0 Å². The zero-order valence-corrected chi connectivity index (χ0v) is 10.3. The summed E-state index contributed by atoms with van der Waals surface area (Å²) in [5.41, 5.74) is 0.198. The number of benzene rings is 1. The first-order valence-electron chi connectivity index (χ1n) is 6.07. The summed E-state index contributed by atoms with van der Waals surface area (Å²) in [6.45, 7) is 4.36. The fourth-order valence-electron chi connectivity index (χ4n) is 2.32. The fraction of sp³-hybridized carbons (Fsp3) is 0.571. The first kappa shape index (κ1) is 12.4. The number of ether oxygens (including phenoxy) is 1. The van der Waals surface area contributed by atoms with Gasteiger partial charge in [-0.1, -0.05) is 13.8 Å². The Labute approximate surface area is 101 Å². The van der Waals surface area contributed by atoms with Gasteiger partial charge in [0.25, 0.3) is 0 Å². The van der Waals surface area contributed by atoms with Gasteiger partial charge >= 0.3 is 0 Å². The molecule has 2 nitrogen and oxygen atoms in total. The van der Waals surface area contributed by atoms with Crippen molar-refractivity contribution in [3.8, 4) is 5.75 Å². The van der Waals surface area contributed by atoms with Gasteiger partial charge in [-0.3, -0.25) is 0 Å². The van der Waals surface area contributed by atoms with E-state index in [2.05, 4.69) is 13.8 Å². The fourth-order valence-corrected chi connectivity index (χ4v) is 2.32. The van der Waals surface area contributed by atoms with Crippen molar-refractivity contribution < 1.29 is 14.2 Å². The summed E-state index contributed by atoms with van der Waals surface area (Å²) in [5.74, 6) is 0.343. The van der Waals surface area contributed by atoms with E-state index in [1.807, 2.05) is 0 Å². The van der Waals surface area contributed by atoms with E-state index < -0.39 is 6.10 Å². The number of halogens is 1. The summed E-state index contributed by atoms with van der Waals surface area (Å²) < 4.78 is 18.5. The molecular formula is C14H19FO2. The Kier molecular flexibility index (Phi) is 3.38. The number of aliphatic hydroxyl groups is 1. The lowest BCUT2D eigenvalue weighted by molar-refractivity contribution is -0.0304. The molecular weight excluding hydrogens is 219 g/mol. The van der Waals surface area contributed by atoms with Crippen LogP contribution in [0.2, 0.25) is 0 Å². The molecule has 0 spiro atoms. The number of aliphatic hydroxyl groups excluding tert-OH is 1. The van der Waals surface area contributed by atoms with Gasteiger partial charge in [-0.2, -0.15) is 0 Å². The van der Waals surface area contributed by atoms with Crippen LogP contribution in [-0.2, 0) is 0 Å². The van der Waals surface area contributed by atoms with Crippen molar-refractivity contribution in [1.82, 2.24) is 0 Å². The molecule has 1 aromatic carbocycles. The lowest BCUT2D eigenvalue weighted by atomic mass is 9.75. The van der Waals surface area contributed by atoms with Crippen LogP contribution in [-0.4, -0.2) is 17.3 Å². The van der Waals surface area contributed by atoms with Gasteiger partial charge < -0.3 is 9.84 Å². The predicted molar refractivity (Wildman–Crippen MR) is 64.5 cm³/mol. The van der Waals surface area contributed by atoms with E-state index >= 15 is 0 Å². The van der Waals surface area contributed by atoms with E-state index in [0.717, 1.165) is 19.3 Å². The molecule has 2 atom stereocenters. The average Bonchev–Trinajstić information content (AvgIpc) is 2.26. The average molecular weight is 238 g/mol. The minimum absolute atomic E-state index is 0.191. The van der Waals surface area contributed by atoms with Crippen molar-refractivity contribution >= 4 is 0 Å². The largest absolute Gasteiger partial charge is 0.488 e. The molecule has 17 heavy (non-hydrogen) atoms. The molecule has 1 saturated carbocycles.